The van der Waals surface area contributed by atoms with Gasteiger partial charge >= 0.3 is 6.09 Å². The Bertz CT molecular complexity index is 2070. The number of nitrogens with zero attached hydrogens (tertiary/aromatic N) is 6. The predicted octanol–water partition coefficient (Wildman–Crippen LogP) is 5.89. The second kappa shape index (κ2) is 15.8. The Hall–Kier alpha value is -5.66. The van der Waals surface area contributed by atoms with E-state index < -0.39 is 11.7 Å². The molecule has 14 nitrogen and oxygen atoms in total. The van der Waals surface area contributed by atoms with Crippen LogP contribution in [0.5, 0.6) is 0 Å². The highest BCUT2D eigenvalue weighted by atomic mass is 16.6. The third kappa shape index (κ3) is 7.61. The number of aliphatic imine (C=N–C) groups is 1. The molecule has 2 aromatic carbocycles. The van der Waals surface area contributed by atoms with Gasteiger partial charge in [0.25, 0.3) is 5.91 Å². The smallest absolute Gasteiger partial charge is 0.405 e. The van der Waals surface area contributed by atoms with Crippen LogP contribution in [0, 0.1) is 11.8 Å². The maximum absolute atomic E-state index is 13.9. The first-order valence-corrected chi connectivity index (χ1v) is 19.8. The fourth-order valence-corrected chi connectivity index (χ4v) is 8.02. The molecule has 5 N–H and O–H groups in total. The first kappa shape index (κ1) is 38.6. The minimum atomic E-state index is -1.36. The van der Waals surface area contributed by atoms with Crippen LogP contribution in [0.3, 0.4) is 0 Å². The van der Waals surface area contributed by atoms with Crippen LogP contribution in [0.4, 0.5) is 4.79 Å². The number of carbonyl (C=O) groups is 3. The Morgan fingerprint density at radius 1 is 0.804 bits per heavy atom. The van der Waals surface area contributed by atoms with Gasteiger partial charge in [-0.25, -0.2) is 14.8 Å². The van der Waals surface area contributed by atoms with E-state index >= 15 is 0 Å². The summed E-state index contributed by atoms with van der Waals surface area (Å²) in [6.45, 7) is 12.3. The van der Waals surface area contributed by atoms with E-state index in [-0.39, 0.29) is 41.8 Å². The van der Waals surface area contributed by atoms with Gasteiger partial charge in [0.15, 0.2) is 11.6 Å². The number of aromatic nitrogens is 4. The number of imidazole rings is 2. The van der Waals surface area contributed by atoms with E-state index in [0.717, 1.165) is 84.2 Å². The number of ether oxygens (including phenoxy) is 1. The summed E-state index contributed by atoms with van der Waals surface area (Å²) in [5.74, 6) is 1.95. The Morgan fingerprint density at radius 3 is 1.77 bits per heavy atom. The lowest BCUT2D eigenvalue weighted by Crippen LogP contribution is -2.53. The summed E-state index contributed by atoms with van der Waals surface area (Å²) >= 11 is 0. The number of rotatable bonds is 11. The number of likely N-dealkylation sites (N-methyl/N-ethyl adjacent to an activating group) is 1. The Morgan fingerprint density at radius 2 is 1.30 bits per heavy atom. The number of hydrogen-bond acceptors (Lipinski definition) is 9. The maximum Gasteiger partial charge on any atom is 0.405 e. The molecule has 0 radical (unpaired) electrons. The number of likely N-dealkylation sites (tertiary alicyclic amines) is 2. The second-order valence-electron chi connectivity index (χ2n) is 16.0. The summed E-state index contributed by atoms with van der Waals surface area (Å²) in [7, 11) is 2.00. The Labute approximate surface area is 328 Å². The third-order valence-corrected chi connectivity index (χ3v) is 11.7. The fraction of sp³-hybridized carbons (Fsp3) is 0.476. The number of hydrogen-bond donors (Lipinski definition) is 4. The van der Waals surface area contributed by atoms with Gasteiger partial charge in [-0.1, -0.05) is 76.2 Å². The second-order valence-corrected chi connectivity index (χ2v) is 16.0. The number of carbonyl (C=O) groups excluding carboxylic acids is 3. The van der Waals surface area contributed by atoms with Gasteiger partial charge in [0.2, 0.25) is 5.91 Å². The summed E-state index contributed by atoms with van der Waals surface area (Å²) < 4.78 is 5.37. The van der Waals surface area contributed by atoms with Gasteiger partial charge in [0.1, 0.15) is 17.7 Å². The fourth-order valence-electron chi connectivity index (χ4n) is 8.02. The van der Waals surface area contributed by atoms with Crippen LogP contribution in [0.15, 0.2) is 65.9 Å². The average Bonchev–Trinajstić information content (AvgIpc) is 4.03. The van der Waals surface area contributed by atoms with Crippen molar-refractivity contribution in [2.24, 2.45) is 22.6 Å². The van der Waals surface area contributed by atoms with E-state index in [9.17, 15) is 14.4 Å². The Balaban J connectivity index is 1.00. The third-order valence-electron chi connectivity index (χ3n) is 11.7. The molecule has 0 aliphatic carbocycles. The molecule has 3 aliphatic rings. The number of H-pyrrole nitrogens is 2. The average molecular weight is 763 g/mol. The van der Waals surface area contributed by atoms with Crippen LogP contribution in [-0.2, 0) is 14.3 Å². The largest absolute Gasteiger partial charge is 0.433 e. The van der Waals surface area contributed by atoms with Crippen molar-refractivity contribution in [3.05, 3.63) is 72.6 Å². The molecule has 7 rings (SSSR count). The molecule has 56 heavy (non-hydrogen) atoms. The van der Waals surface area contributed by atoms with E-state index in [1.165, 1.54) is 0 Å². The molecule has 2 saturated heterocycles. The summed E-state index contributed by atoms with van der Waals surface area (Å²) in [6, 6.07) is 15.9. The highest BCUT2D eigenvalue weighted by molar-refractivity contribution is 5.90. The molecule has 4 atom stereocenters. The predicted molar refractivity (Wildman–Crippen MR) is 215 cm³/mol. The van der Waals surface area contributed by atoms with Crippen molar-refractivity contribution in [1.82, 2.24) is 40.0 Å². The molecule has 0 saturated carbocycles. The van der Waals surface area contributed by atoms with Crippen LogP contribution in [0.1, 0.15) is 84.0 Å². The summed E-state index contributed by atoms with van der Waals surface area (Å²) in [6.07, 6.45) is 6.05. The zero-order chi connectivity index (χ0) is 39.7. The van der Waals surface area contributed by atoms with Gasteiger partial charge in [-0.3, -0.25) is 14.6 Å². The van der Waals surface area contributed by atoms with Gasteiger partial charge in [0, 0.05) is 32.6 Å². The number of nitrogens with one attached hydrogen (secondary N) is 3. The van der Waals surface area contributed by atoms with Crippen molar-refractivity contribution in [2.45, 2.75) is 84.0 Å². The maximum atomic E-state index is 13.9. The normalized spacial score (nSPS) is 20.1. The number of aromatic amines is 2. The molecule has 0 spiro atoms. The van der Waals surface area contributed by atoms with Crippen LogP contribution in [0.2, 0.25) is 0 Å². The number of guanidine groups is 1. The van der Waals surface area contributed by atoms with Crippen molar-refractivity contribution in [2.75, 3.05) is 33.2 Å². The Kier molecular flexibility index (Phi) is 10.9. The van der Waals surface area contributed by atoms with Crippen LogP contribution in [0.25, 0.3) is 33.6 Å². The van der Waals surface area contributed by atoms with E-state index in [1.807, 2.05) is 32.0 Å². The van der Waals surface area contributed by atoms with Crippen LogP contribution >= 0.6 is 0 Å². The van der Waals surface area contributed by atoms with Crippen molar-refractivity contribution < 1.29 is 19.1 Å². The van der Waals surface area contributed by atoms with Crippen molar-refractivity contribution >= 4 is 23.9 Å². The van der Waals surface area contributed by atoms with Gasteiger partial charge < -0.3 is 40.5 Å². The summed E-state index contributed by atoms with van der Waals surface area (Å²) in [5.41, 5.74) is 9.88. The lowest BCUT2D eigenvalue weighted by atomic mass is 9.90. The van der Waals surface area contributed by atoms with Crippen LogP contribution < -0.4 is 11.1 Å². The molecule has 2 fully saturated rings. The zero-order valence-electron chi connectivity index (χ0n) is 33.2. The molecule has 296 valence electrons. The van der Waals surface area contributed by atoms with Gasteiger partial charge in [-0.2, -0.15) is 0 Å². The van der Waals surface area contributed by atoms with Crippen LogP contribution in [-0.4, -0.2) is 103 Å². The number of amides is 3. The number of benzene rings is 2. The molecular weight excluding hydrogens is 709 g/mol. The SMILES string of the molecule is CC(C)[C@@H](NC1=NCCN1C)C(=O)N1CCC[C@H]1c1ncc(-c2ccc(-c3ccc(-c4cnc([C@@H]5CCCN5C(=O)[C@@](C)(OC(N)=O)C(C)C)[nH]4)cc3)cc2)[nH]1. The molecule has 3 amide bonds. The lowest BCUT2D eigenvalue weighted by molar-refractivity contribution is -0.155. The first-order valence-electron chi connectivity index (χ1n) is 19.8. The van der Waals surface area contributed by atoms with E-state index in [2.05, 4.69) is 92.5 Å². The van der Waals surface area contributed by atoms with Crippen molar-refractivity contribution in [3.63, 3.8) is 0 Å². The van der Waals surface area contributed by atoms with E-state index in [0.29, 0.717) is 18.9 Å². The quantitative estimate of drug-likeness (QED) is 0.146. The topological polar surface area (TPSA) is 178 Å². The summed E-state index contributed by atoms with van der Waals surface area (Å²) in [4.78, 5) is 66.0. The highest BCUT2D eigenvalue weighted by Crippen LogP contribution is 2.37. The number of nitrogens with two attached hydrogens (primary N) is 1. The zero-order valence-corrected chi connectivity index (χ0v) is 33.2. The molecule has 4 aromatic rings. The van der Waals surface area contributed by atoms with Crippen molar-refractivity contribution in [1.29, 1.82) is 0 Å². The molecule has 5 heterocycles. The highest BCUT2D eigenvalue weighted by Gasteiger charge is 2.47. The standard InChI is InChI=1S/C42H54N10O4/c1-25(2)35(49-41-44-19-22-50(41)6)38(53)51-20-7-9-33(51)36-45-23-31(47-36)29-15-11-27(12-16-29)28-13-17-30(18-14-28)32-24-46-37(48-32)34-10-8-21-52(34)39(54)42(5,26(3)4)56-40(43)55/h11-18,23-26,33-35H,7-10,19-22H2,1-6H3,(H2,43,55)(H,44,49)(H,45,47)(H,46,48)/t33-,34-,35+,42-/m0/s1. The molecule has 0 bridgehead atoms. The molecule has 0 unspecified atom stereocenters. The van der Waals surface area contributed by atoms with Crippen molar-refractivity contribution in [3.8, 4) is 33.6 Å². The van der Waals surface area contributed by atoms with Gasteiger partial charge in [-0.15, -0.1) is 0 Å². The summed E-state index contributed by atoms with van der Waals surface area (Å²) in [5, 5.41) is 3.43. The minimum Gasteiger partial charge on any atom is -0.433 e. The van der Waals surface area contributed by atoms with E-state index in [4.69, 9.17) is 15.5 Å². The first-order chi connectivity index (χ1) is 26.8. The number of primary amides is 1. The molecular formula is C42H54N10O4. The molecule has 2 aromatic heterocycles. The monoisotopic (exact) mass is 762 g/mol. The van der Waals surface area contributed by atoms with Gasteiger partial charge in [0.05, 0.1) is 42.4 Å². The van der Waals surface area contributed by atoms with E-state index in [1.54, 1.807) is 18.0 Å². The lowest BCUT2D eigenvalue weighted by Gasteiger charge is -2.36. The molecule has 3 aliphatic heterocycles. The minimum absolute atomic E-state index is 0.0854. The van der Waals surface area contributed by atoms with Gasteiger partial charge in [-0.05, 0) is 60.8 Å². The molecule has 14 heteroatoms.